The second-order valence-electron chi connectivity index (χ2n) is 4.72. The number of nitrogens with zero attached hydrogens (tertiary/aromatic N) is 3. The fourth-order valence-electron chi connectivity index (χ4n) is 1.84. The Balaban J connectivity index is 2.03. The molecular weight excluding hydrogens is 254 g/mol. The largest absolute Gasteiger partial charge is 0.352 e. The first-order valence-corrected chi connectivity index (χ1v) is 6.57. The first-order valence-electron chi connectivity index (χ1n) is 6.57. The Morgan fingerprint density at radius 1 is 1.40 bits per heavy atom. The number of carbonyl (C=O) groups excluding carboxylic acids is 1. The van der Waals surface area contributed by atoms with Gasteiger partial charge in [-0.3, -0.25) is 4.79 Å². The summed E-state index contributed by atoms with van der Waals surface area (Å²) in [5.74, 6) is -0.194. The van der Waals surface area contributed by atoms with Crippen molar-refractivity contribution in [3.8, 4) is 0 Å². The first-order chi connectivity index (χ1) is 9.70. The van der Waals surface area contributed by atoms with Crippen LogP contribution in [-0.2, 0) is 17.9 Å². The summed E-state index contributed by atoms with van der Waals surface area (Å²) < 4.78 is 1.75. The van der Waals surface area contributed by atoms with E-state index in [9.17, 15) is 4.79 Å². The van der Waals surface area contributed by atoms with E-state index in [4.69, 9.17) is 5.73 Å². The van der Waals surface area contributed by atoms with Crippen molar-refractivity contribution in [3.63, 3.8) is 0 Å². The lowest BCUT2D eigenvalue weighted by Crippen LogP contribution is -2.33. The summed E-state index contributed by atoms with van der Waals surface area (Å²) in [4.78, 5) is 15.7. The van der Waals surface area contributed by atoms with Crippen molar-refractivity contribution in [1.82, 2.24) is 20.1 Å². The number of aromatic nitrogens is 3. The highest BCUT2D eigenvalue weighted by molar-refractivity contribution is 5.78. The van der Waals surface area contributed by atoms with E-state index in [-0.39, 0.29) is 11.8 Å². The summed E-state index contributed by atoms with van der Waals surface area (Å²) in [6.07, 6.45) is 3.18. The lowest BCUT2D eigenvalue weighted by atomic mass is 10.1. The van der Waals surface area contributed by atoms with Gasteiger partial charge < -0.3 is 11.1 Å². The number of nitrogens with two attached hydrogens (primary N) is 1. The number of benzene rings is 1. The highest BCUT2D eigenvalue weighted by Gasteiger charge is 2.11. The molecule has 0 aliphatic carbocycles. The fourth-order valence-corrected chi connectivity index (χ4v) is 1.84. The van der Waals surface area contributed by atoms with Gasteiger partial charge in [0.2, 0.25) is 5.91 Å². The standard InChI is InChI=1S/C14H19N5O/c1-11(6-15)14(20)17-7-12-4-2-3-5-13(12)8-19-10-16-9-18-19/h2-5,9-11H,6-8,15H2,1H3,(H,17,20). The zero-order chi connectivity index (χ0) is 14.4. The summed E-state index contributed by atoms with van der Waals surface area (Å²) in [7, 11) is 0. The summed E-state index contributed by atoms with van der Waals surface area (Å²) in [6.45, 7) is 3.30. The van der Waals surface area contributed by atoms with Gasteiger partial charge in [0.05, 0.1) is 6.54 Å². The maximum absolute atomic E-state index is 11.8. The molecule has 0 saturated carbocycles. The number of carbonyl (C=O) groups is 1. The van der Waals surface area contributed by atoms with Crippen molar-refractivity contribution in [2.24, 2.45) is 11.7 Å². The Hall–Kier alpha value is -2.21. The molecule has 0 aliphatic rings. The van der Waals surface area contributed by atoms with Crippen molar-refractivity contribution in [2.45, 2.75) is 20.0 Å². The van der Waals surface area contributed by atoms with Crippen molar-refractivity contribution in [3.05, 3.63) is 48.0 Å². The maximum atomic E-state index is 11.8. The third kappa shape index (κ3) is 3.64. The normalized spacial score (nSPS) is 12.1. The monoisotopic (exact) mass is 273 g/mol. The minimum absolute atomic E-state index is 0.0249. The van der Waals surface area contributed by atoms with Crippen LogP contribution in [0.1, 0.15) is 18.1 Å². The molecule has 1 amide bonds. The van der Waals surface area contributed by atoms with Gasteiger partial charge >= 0.3 is 0 Å². The van der Waals surface area contributed by atoms with Gasteiger partial charge in [-0.1, -0.05) is 31.2 Å². The van der Waals surface area contributed by atoms with Crippen LogP contribution in [0.15, 0.2) is 36.9 Å². The second-order valence-corrected chi connectivity index (χ2v) is 4.72. The minimum Gasteiger partial charge on any atom is -0.352 e. The molecule has 1 aromatic heterocycles. The van der Waals surface area contributed by atoms with Gasteiger partial charge in [-0.15, -0.1) is 0 Å². The predicted octanol–water partition coefficient (Wildman–Crippen LogP) is 0.537. The second kappa shape index (κ2) is 6.81. The molecule has 1 atom stereocenters. The van der Waals surface area contributed by atoms with Gasteiger partial charge in [0.1, 0.15) is 12.7 Å². The number of nitrogens with one attached hydrogen (secondary N) is 1. The molecule has 106 valence electrons. The van der Waals surface area contributed by atoms with Crippen LogP contribution in [0.4, 0.5) is 0 Å². The topological polar surface area (TPSA) is 85.8 Å². The molecular formula is C14H19N5O. The smallest absolute Gasteiger partial charge is 0.224 e. The van der Waals surface area contributed by atoms with Gasteiger partial charge in [0.25, 0.3) is 0 Å². The molecule has 1 unspecified atom stereocenters. The molecule has 6 heteroatoms. The Bertz CT molecular complexity index is 552. The van der Waals surface area contributed by atoms with Gasteiger partial charge in [-0.2, -0.15) is 5.10 Å². The molecule has 1 aromatic carbocycles. The molecule has 0 aliphatic heterocycles. The van der Waals surface area contributed by atoms with Crippen LogP contribution in [0, 0.1) is 5.92 Å². The zero-order valence-electron chi connectivity index (χ0n) is 11.5. The number of hydrogen-bond donors (Lipinski definition) is 2. The van der Waals surface area contributed by atoms with E-state index in [1.54, 1.807) is 11.0 Å². The van der Waals surface area contributed by atoms with E-state index in [0.717, 1.165) is 11.1 Å². The molecule has 0 fully saturated rings. The van der Waals surface area contributed by atoms with Crippen LogP contribution >= 0.6 is 0 Å². The van der Waals surface area contributed by atoms with E-state index in [1.807, 2.05) is 31.2 Å². The lowest BCUT2D eigenvalue weighted by Gasteiger charge is -2.13. The Morgan fingerprint density at radius 3 is 2.80 bits per heavy atom. The van der Waals surface area contributed by atoms with Gasteiger partial charge in [0, 0.05) is 19.0 Å². The molecule has 0 saturated heterocycles. The van der Waals surface area contributed by atoms with Gasteiger partial charge in [-0.05, 0) is 11.1 Å². The van der Waals surface area contributed by atoms with E-state index in [2.05, 4.69) is 15.4 Å². The number of amides is 1. The van der Waals surface area contributed by atoms with Crippen LogP contribution in [0.3, 0.4) is 0 Å². The summed E-state index contributed by atoms with van der Waals surface area (Å²) >= 11 is 0. The molecule has 2 aromatic rings. The number of hydrogen-bond acceptors (Lipinski definition) is 4. The highest BCUT2D eigenvalue weighted by Crippen LogP contribution is 2.10. The van der Waals surface area contributed by atoms with Gasteiger partial charge in [-0.25, -0.2) is 9.67 Å². The lowest BCUT2D eigenvalue weighted by molar-refractivity contribution is -0.124. The van der Waals surface area contributed by atoms with Crippen molar-refractivity contribution in [2.75, 3.05) is 6.54 Å². The summed E-state index contributed by atoms with van der Waals surface area (Å²) in [6, 6.07) is 7.95. The quantitative estimate of drug-likeness (QED) is 0.804. The summed E-state index contributed by atoms with van der Waals surface area (Å²) in [5.41, 5.74) is 7.66. The van der Waals surface area contributed by atoms with Crippen molar-refractivity contribution in [1.29, 1.82) is 0 Å². The third-order valence-corrected chi connectivity index (χ3v) is 3.17. The highest BCUT2D eigenvalue weighted by atomic mass is 16.1. The third-order valence-electron chi connectivity index (χ3n) is 3.17. The van der Waals surface area contributed by atoms with Crippen LogP contribution in [0.25, 0.3) is 0 Å². The zero-order valence-corrected chi connectivity index (χ0v) is 11.5. The average molecular weight is 273 g/mol. The molecule has 1 heterocycles. The van der Waals surface area contributed by atoms with Crippen LogP contribution in [-0.4, -0.2) is 27.2 Å². The van der Waals surface area contributed by atoms with E-state index >= 15 is 0 Å². The van der Waals surface area contributed by atoms with E-state index in [0.29, 0.717) is 19.6 Å². The SMILES string of the molecule is CC(CN)C(=O)NCc1ccccc1Cn1cncn1. The molecule has 20 heavy (non-hydrogen) atoms. The number of rotatable bonds is 6. The van der Waals surface area contributed by atoms with Crippen molar-refractivity contribution < 1.29 is 4.79 Å². The molecule has 0 radical (unpaired) electrons. The molecule has 3 N–H and O–H groups in total. The van der Waals surface area contributed by atoms with Gasteiger partial charge in [0.15, 0.2) is 0 Å². The minimum atomic E-state index is -0.169. The predicted molar refractivity (Wildman–Crippen MR) is 75.6 cm³/mol. The maximum Gasteiger partial charge on any atom is 0.224 e. The first kappa shape index (κ1) is 14.2. The van der Waals surface area contributed by atoms with Crippen LogP contribution in [0.2, 0.25) is 0 Å². The molecule has 0 bridgehead atoms. The molecule has 0 spiro atoms. The van der Waals surface area contributed by atoms with E-state index < -0.39 is 0 Å². The van der Waals surface area contributed by atoms with Crippen molar-refractivity contribution >= 4 is 5.91 Å². The van der Waals surface area contributed by atoms with Crippen LogP contribution < -0.4 is 11.1 Å². The molecule has 2 rings (SSSR count). The Labute approximate surface area is 118 Å². The fraction of sp³-hybridized carbons (Fsp3) is 0.357. The molecule has 6 nitrogen and oxygen atoms in total. The van der Waals surface area contributed by atoms with Crippen LogP contribution in [0.5, 0.6) is 0 Å². The average Bonchev–Trinajstić information content (AvgIpc) is 2.98. The van der Waals surface area contributed by atoms with E-state index in [1.165, 1.54) is 6.33 Å². The Kier molecular flexibility index (Phi) is 4.84. The Morgan fingerprint density at radius 2 is 2.15 bits per heavy atom. The summed E-state index contributed by atoms with van der Waals surface area (Å²) in [5, 5.41) is 7.00.